The third-order valence-corrected chi connectivity index (χ3v) is 5.45. The van der Waals surface area contributed by atoms with Crippen molar-refractivity contribution >= 4 is 17.0 Å². The molecule has 26 heavy (non-hydrogen) atoms. The molecule has 0 bridgehead atoms. The van der Waals surface area contributed by atoms with Gasteiger partial charge < -0.3 is 9.64 Å². The number of thiazole rings is 1. The fourth-order valence-electron chi connectivity index (χ4n) is 3.15. The van der Waals surface area contributed by atoms with Crippen LogP contribution in [0.5, 0.6) is 0 Å². The second-order valence-corrected chi connectivity index (χ2v) is 7.28. The number of nitrogens with zero attached hydrogens (tertiary/aromatic N) is 4. The van der Waals surface area contributed by atoms with Gasteiger partial charge in [-0.3, -0.25) is 9.36 Å². The number of morpholine rings is 1. The summed E-state index contributed by atoms with van der Waals surface area (Å²) in [5.41, 5.74) is 2.90. The Kier molecular flexibility index (Phi) is 4.57. The van der Waals surface area contributed by atoms with Gasteiger partial charge in [0.05, 0.1) is 19.4 Å². The van der Waals surface area contributed by atoms with E-state index >= 15 is 0 Å². The lowest BCUT2D eigenvalue weighted by Gasteiger charge is -2.28. The highest BCUT2D eigenvalue weighted by molar-refractivity contribution is 7.17. The minimum absolute atomic E-state index is 0.0761. The van der Waals surface area contributed by atoms with Crippen LogP contribution >= 0.6 is 11.3 Å². The molecule has 0 saturated carbocycles. The van der Waals surface area contributed by atoms with E-state index in [1.807, 2.05) is 13.8 Å². The number of ether oxygens (including phenoxy) is 1. The van der Waals surface area contributed by atoms with Crippen LogP contribution in [0.3, 0.4) is 0 Å². The third-order valence-electron chi connectivity index (χ3n) is 4.42. The monoisotopic (exact) mass is 368 g/mol. The van der Waals surface area contributed by atoms with Crippen molar-refractivity contribution in [2.75, 3.05) is 31.2 Å². The van der Waals surface area contributed by atoms with Gasteiger partial charge in [-0.2, -0.15) is 0 Å². The van der Waals surface area contributed by atoms with Gasteiger partial charge >= 0.3 is 0 Å². The number of benzene rings is 1. The Balaban J connectivity index is 1.61. The summed E-state index contributed by atoms with van der Waals surface area (Å²) >= 11 is 1.49. The zero-order chi connectivity index (χ0) is 18.1. The molecule has 1 aromatic carbocycles. The normalized spacial score (nSPS) is 14.6. The van der Waals surface area contributed by atoms with Crippen LogP contribution in [0.15, 0.2) is 41.3 Å². The first-order chi connectivity index (χ1) is 12.6. The average Bonchev–Trinajstić information content (AvgIpc) is 3.11. The lowest BCUT2D eigenvalue weighted by molar-refractivity contribution is 0.122. The largest absolute Gasteiger partial charge is 0.378 e. The van der Waals surface area contributed by atoms with Crippen molar-refractivity contribution in [1.29, 1.82) is 0 Å². The molecule has 2 aromatic heterocycles. The molecule has 3 aromatic rings. The molecule has 0 amide bonds. The topological polar surface area (TPSA) is 60.2 Å². The van der Waals surface area contributed by atoms with Gasteiger partial charge in [-0.1, -0.05) is 11.3 Å². The summed E-state index contributed by atoms with van der Waals surface area (Å²) in [5.74, 6) is 0.674. The first-order valence-electron chi connectivity index (χ1n) is 8.58. The number of aromatic nitrogens is 3. The van der Waals surface area contributed by atoms with Crippen LogP contribution in [0.4, 0.5) is 5.69 Å². The van der Waals surface area contributed by atoms with Crippen LogP contribution in [-0.4, -0.2) is 40.8 Å². The number of rotatable bonds is 3. The van der Waals surface area contributed by atoms with Crippen LogP contribution in [0, 0.1) is 13.8 Å². The minimum atomic E-state index is -0.0761. The van der Waals surface area contributed by atoms with Crippen LogP contribution in [0.25, 0.3) is 15.6 Å². The summed E-state index contributed by atoms with van der Waals surface area (Å²) in [7, 11) is 0. The Morgan fingerprint density at radius 1 is 1.12 bits per heavy atom. The molecule has 1 saturated heterocycles. The van der Waals surface area contributed by atoms with Crippen LogP contribution in [-0.2, 0) is 4.74 Å². The Bertz CT molecular complexity index is 972. The van der Waals surface area contributed by atoms with Crippen molar-refractivity contribution in [3.05, 3.63) is 58.4 Å². The van der Waals surface area contributed by atoms with Crippen molar-refractivity contribution in [2.45, 2.75) is 13.8 Å². The first kappa shape index (κ1) is 16.9. The zero-order valence-electron chi connectivity index (χ0n) is 14.8. The van der Waals surface area contributed by atoms with Crippen LogP contribution in [0.1, 0.15) is 11.5 Å². The molecule has 1 fully saturated rings. The van der Waals surface area contributed by atoms with E-state index in [9.17, 15) is 4.79 Å². The third kappa shape index (κ3) is 3.27. The van der Waals surface area contributed by atoms with E-state index in [0.717, 1.165) is 47.6 Å². The van der Waals surface area contributed by atoms with Gasteiger partial charge in [0, 0.05) is 36.1 Å². The van der Waals surface area contributed by atoms with Gasteiger partial charge in [0.15, 0.2) is 0 Å². The maximum Gasteiger partial charge on any atom is 0.258 e. The summed E-state index contributed by atoms with van der Waals surface area (Å²) in [6.45, 7) is 7.05. The van der Waals surface area contributed by atoms with Crippen molar-refractivity contribution in [2.24, 2.45) is 0 Å². The van der Waals surface area contributed by atoms with Gasteiger partial charge in [0.25, 0.3) is 5.56 Å². The quantitative estimate of drug-likeness (QED) is 0.711. The van der Waals surface area contributed by atoms with E-state index in [2.05, 4.69) is 39.1 Å². The number of aryl methyl sites for hydroxylation is 2. The highest BCUT2D eigenvalue weighted by atomic mass is 32.1. The maximum atomic E-state index is 12.3. The highest BCUT2D eigenvalue weighted by Gasteiger charge is 2.13. The van der Waals surface area contributed by atoms with E-state index in [1.165, 1.54) is 17.0 Å². The molecule has 0 N–H and O–H groups in total. The molecule has 1 aliphatic rings. The van der Waals surface area contributed by atoms with Crippen molar-refractivity contribution in [1.82, 2.24) is 14.5 Å². The molecular weight excluding hydrogens is 348 g/mol. The molecular formula is C19H20N4O2S. The Hall–Kier alpha value is -2.51. The summed E-state index contributed by atoms with van der Waals surface area (Å²) in [5, 5.41) is 1.67. The fourth-order valence-corrected chi connectivity index (χ4v) is 4.12. The van der Waals surface area contributed by atoms with Crippen molar-refractivity contribution in [3.8, 4) is 15.6 Å². The fraction of sp³-hybridized carbons (Fsp3) is 0.316. The van der Waals surface area contributed by atoms with E-state index in [-0.39, 0.29) is 5.56 Å². The SMILES string of the molecule is Cc1cc(=O)n(-c2cnc(-c3ccc(N4CCOCC4)cc3)s2)c(C)n1. The summed E-state index contributed by atoms with van der Waals surface area (Å²) in [4.78, 5) is 23.5. The molecule has 7 heteroatoms. The highest BCUT2D eigenvalue weighted by Crippen LogP contribution is 2.29. The molecule has 0 spiro atoms. The van der Waals surface area contributed by atoms with Crippen LogP contribution in [0.2, 0.25) is 0 Å². The van der Waals surface area contributed by atoms with Gasteiger partial charge in [0.1, 0.15) is 15.8 Å². The van der Waals surface area contributed by atoms with Crippen molar-refractivity contribution in [3.63, 3.8) is 0 Å². The smallest absolute Gasteiger partial charge is 0.258 e. The molecule has 0 aliphatic carbocycles. The van der Waals surface area contributed by atoms with Gasteiger partial charge in [-0.25, -0.2) is 9.97 Å². The molecule has 0 radical (unpaired) electrons. The lowest BCUT2D eigenvalue weighted by atomic mass is 10.2. The molecule has 1 aliphatic heterocycles. The number of hydrogen-bond donors (Lipinski definition) is 0. The van der Waals surface area contributed by atoms with Gasteiger partial charge in [0.2, 0.25) is 0 Å². The molecule has 0 unspecified atom stereocenters. The second kappa shape index (κ2) is 7.01. The van der Waals surface area contributed by atoms with E-state index in [4.69, 9.17) is 4.74 Å². The second-order valence-electron chi connectivity index (χ2n) is 6.27. The van der Waals surface area contributed by atoms with E-state index < -0.39 is 0 Å². The molecule has 134 valence electrons. The average molecular weight is 368 g/mol. The predicted octanol–water partition coefficient (Wildman–Crippen LogP) is 2.81. The molecule has 4 rings (SSSR count). The summed E-state index contributed by atoms with van der Waals surface area (Å²) in [6, 6.07) is 9.94. The minimum Gasteiger partial charge on any atom is -0.378 e. The molecule has 3 heterocycles. The predicted molar refractivity (Wildman–Crippen MR) is 103 cm³/mol. The van der Waals surface area contributed by atoms with Gasteiger partial charge in [-0.15, -0.1) is 0 Å². The lowest BCUT2D eigenvalue weighted by Crippen LogP contribution is -2.36. The number of hydrogen-bond acceptors (Lipinski definition) is 6. The van der Waals surface area contributed by atoms with E-state index in [1.54, 1.807) is 16.8 Å². The first-order valence-corrected chi connectivity index (χ1v) is 9.40. The Labute approximate surface area is 155 Å². The van der Waals surface area contributed by atoms with Gasteiger partial charge in [-0.05, 0) is 38.1 Å². The van der Waals surface area contributed by atoms with Crippen molar-refractivity contribution < 1.29 is 4.74 Å². The summed E-state index contributed by atoms with van der Waals surface area (Å²) < 4.78 is 7.01. The number of anilines is 1. The standard InChI is InChI=1S/C19H20N4O2S/c1-13-11-17(24)23(14(2)21-13)18-12-20-19(26-18)15-3-5-16(6-4-15)22-7-9-25-10-8-22/h3-6,11-12H,7-10H2,1-2H3. The Morgan fingerprint density at radius 3 is 2.54 bits per heavy atom. The summed E-state index contributed by atoms with van der Waals surface area (Å²) in [6.07, 6.45) is 1.74. The molecule has 0 atom stereocenters. The van der Waals surface area contributed by atoms with Crippen LogP contribution < -0.4 is 10.5 Å². The zero-order valence-corrected chi connectivity index (χ0v) is 15.6. The molecule has 6 nitrogen and oxygen atoms in total. The Morgan fingerprint density at radius 2 is 1.85 bits per heavy atom. The van der Waals surface area contributed by atoms with E-state index in [0.29, 0.717) is 5.82 Å². The maximum absolute atomic E-state index is 12.3.